The summed E-state index contributed by atoms with van der Waals surface area (Å²) in [4.78, 5) is 37.5. The van der Waals surface area contributed by atoms with Crippen molar-refractivity contribution in [1.82, 2.24) is 15.1 Å². The molecule has 1 aliphatic rings. The first-order valence-corrected chi connectivity index (χ1v) is 7.04. The summed E-state index contributed by atoms with van der Waals surface area (Å²) in [7, 11) is 3.64. The second kappa shape index (κ2) is 7.82. The molecule has 1 fully saturated rings. The van der Waals surface area contributed by atoms with Crippen LogP contribution < -0.4 is 11.1 Å². The third-order valence-corrected chi connectivity index (χ3v) is 3.78. The maximum Gasteiger partial charge on any atom is 0.326 e. The zero-order valence-electron chi connectivity index (χ0n) is 12.5. The lowest BCUT2D eigenvalue weighted by Gasteiger charge is -2.27. The number of hydrogen-bond acceptors (Lipinski definition) is 4. The third-order valence-electron chi connectivity index (χ3n) is 3.78. The minimum Gasteiger partial charge on any atom is -0.480 e. The highest BCUT2D eigenvalue weighted by Gasteiger charge is 2.26. The molecule has 0 saturated carbocycles. The average molecular weight is 300 g/mol. The van der Waals surface area contributed by atoms with E-state index in [1.54, 1.807) is 7.05 Å². The summed E-state index contributed by atoms with van der Waals surface area (Å²) in [5.41, 5.74) is 5.00. The van der Waals surface area contributed by atoms with Crippen LogP contribution in [-0.4, -0.2) is 72.1 Å². The molecule has 0 spiro atoms. The SMILES string of the molecule is CN(CC1CCCN1C)C(=O)N[C@H](CCC(N)=O)C(=O)O. The van der Waals surface area contributed by atoms with E-state index in [2.05, 4.69) is 10.2 Å². The van der Waals surface area contributed by atoms with E-state index in [4.69, 9.17) is 10.8 Å². The Balaban J connectivity index is 2.47. The molecule has 0 aromatic carbocycles. The Hall–Kier alpha value is -1.83. The van der Waals surface area contributed by atoms with Gasteiger partial charge in [0, 0.05) is 26.1 Å². The second-order valence-electron chi connectivity index (χ2n) is 5.50. The number of carboxylic acids is 1. The van der Waals surface area contributed by atoms with Gasteiger partial charge < -0.3 is 26.0 Å². The lowest BCUT2D eigenvalue weighted by molar-refractivity contribution is -0.139. The van der Waals surface area contributed by atoms with E-state index in [9.17, 15) is 14.4 Å². The molecular formula is C13H24N4O4. The largest absolute Gasteiger partial charge is 0.480 e. The first-order chi connectivity index (χ1) is 9.81. The van der Waals surface area contributed by atoms with E-state index in [1.807, 2.05) is 7.05 Å². The van der Waals surface area contributed by atoms with Crippen LogP contribution in [-0.2, 0) is 9.59 Å². The van der Waals surface area contributed by atoms with Crippen molar-refractivity contribution in [2.75, 3.05) is 27.2 Å². The number of carbonyl (C=O) groups is 3. The Morgan fingerprint density at radius 3 is 2.62 bits per heavy atom. The molecule has 1 aliphatic heterocycles. The molecule has 21 heavy (non-hydrogen) atoms. The molecule has 0 bridgehead atoms. The molecule has 1 saturated heterocycles. The van der Waals surface area contributed by atoms with Crippen molar-refractivity contribution in [2.24, 2.45) is 5.73 Å². The molecule has 0 aliphatic carbocycles. The van der Waals surface area contributed by atoms with Gasteiger partial charge in [-0.25, -0.2) is 9.59 Å². The lowest BCUT2D eigenvalue weighted by atomic mass is 10.1. The number of primary amides is 1. The van der Waals surface area contributed by atoms with Crippen LogP contribution in [0.3, 0.4) is 0 Å². The van der Waals surface area contributed by atoms with Crippen molar-refractivity contribution in [1.29, 1.82) is 0 Å². The van der Waals surface area contributed by atoms with Crippen molar-refractivity contribution in [3.63, 3.8) is 0 Å². The molecule has 1 heterocycles. The fourth-order valence-corrected chi connectivity index (χ4v) is 2.41. The van der Waals surface area contributed by atoms with Gasteiger partial charge in [0.05, 0.1) is 0 Å². The summed E-state index contributed by atoms with van der Waals surface area (Å²) in [6, 6.07) is -1.25. The van der Waals surface area contributed by atoms with Gasteiger partial charge in [-0.3, -0.25) is 4.79 Å². The van der Waals surface area contributed by atoms with E-state index in [1.165, 1.54) is 4.90 Å². The van der Waals surface area contributed by atoms with Crippen molar-refractivity contribution < 1.29 is 19.5 Å². The fraction of sp³-hybridized carbons (Fsp3) is 0.769. The topological polar surface area (TPSA) is 116 Å². The Morgan fingerprint density at radius 1 is 1.48 bits per heavy atom. The molecule has 8 nitrogen and oxygen atoms in total. The first-order valence-electron chi connectivity index (χ1n) is 7.04. The predicted molar refractivity (Wildman–Crippen MR) is 76.7 cm³/mol. The Morgan fingerprint density at radius 2 is 2.14 bits per heavy atom. The van der Waals surface area contributed by atoms with Crippen LogP contribution in [0, 0.1) is 0 Å². The number of carbonyl (C=O) groups excluding carboxylic acids is 2. The number of aliphatic carboxylic acids is 1. The van der Waals surface area contributed by atoms with Crippen LogP contribution in [0.25, 0.3) is 0 Å². The number of amides is 3. The number of hydrogen-bond donors (Lipinski definition) is 3. The summed E-state index contributed by atoms with van der Waals surface area (Å²) in [6.07, 6.45) is 2.05. The van der Waals surface area contributed by atoms with Crippen LogP contribution in [0.2, 0.25) is 0 Å². The van der Waals surface area contributed by atoms with E-state index in [0.717, 1.165) is 19.4 Å². The van der Waals surface area contributed by atoms with E-state index in [0.29, 0.717) is 12.6 Å². The Kier molecular flexibility index (Phi) is 6.41. The zero-order valence-corrected chi connectivity index (χ0v) is 12.5. The number of nitrogens with two attached hydrogens (primary N) is 1. The Bertz CT molecular complexity index is 402. The summed E-state index contributed by atoms with van der Waals surface area (Å²) in [6.45, 7) is 1.56. The highest BCUT2D eigenvalue weighted by Crippen LogP contribution is 2.15. The Labute approximate surface area is 124 Å². The smallest absolute Gasteiger partial charge is 0.326 e. The normalized spacial score (nSPS) is 20.0. The van der Waals surface area contributed by atoms with Crippen molar-refractivity contribution in [3.8, 4) is 0 Å². The molecule has 8 heteroatoms. The molecular weight excluding hydrogens is 276 g/mol. The number of nitrogens with zero attached hydrogens (tertiary/aromatic N) is 2. The maximum atomic E-state index is 12.0. The minimum absolute atomic E-state index is 0.00637. The maximum absolute atomic E-state index is 12.0. The van der Waals surface area contributed by atoms with Gasteiger partial charge in [-0.15, -0.1) is 0 Å². The molecule has 0 aromatic heterocycles. The standard InChI is InChI=1S/C13H24N4O4/c1-16-7-3-4-9(16)8-17(2)13(21)15-10(12(19)20)5-6-11(14)18/h9-10H,3-8H2,1-2H3,(H2,14,18)(H,15,21)(H,19,20)/t9?,10-/m1/s1. The minimum atomic E-state index is -1.17. The number of carboxylic acid groups (broad SMARTS) is 1. The number of nitrogens with one attached hydrogen (secondary N) is 1. The van der Waals surface area contributed by atoms with Gasteiger partial charge in [-0.2, -0.15) is 0 Å². The first kappa shape index (κ1) is 17.2. The lowest BCUT2D eigenvalue weighted by Crippen LogP contribution is -2.49. The fourth-order valence-electron chi connectivity index (χ4n) is 2.41. The van der Waals surface area contributed by atoms with E-state index < -0.39 is 23.9 Å². The van der Waals surface area contributed by atoms with Gasteiger partial charge in [0.15, 0.2) is 0 Å². The summed E-state index contributed by atoms with van der Waals surface area (Å²) < 4.78 is 0. The molecule has 1 rings (SSSR count). The molecule has 0 aromatic rings. The zero-order chi connectivity index (χ0) is 16.0. The summed E-state index contributed by atoms with van der Waals surface area (Å²) >= 11 is 0. The van der Waals surface area contributed by atoms with Crippen LogP contribution in [0.15, 0.2) is 0 Å². The van der Waals surface area contributed by atoms with Crippen LogP contribution in [0.4, 0.5) is 4.79 Å². The van der Waals surface area contributed by atoms with Gasteiger partial charge in [0.2, 0.25) is 5.91 Å². The van der Waals surface area contributed by atoms with Gasteiger partial charge >= 0.3 is 12.0 Å². The number of rotatable bonds is 7. The summed E-state index contributed by atoms with van der Waals surface area (Å²) in [5, 5.41) is 11.5. The van der Waals surface area contributed by atoms with Crippen molar-refractivity contribution in [3.05, 3.63) is 0 Å². The molecule has 2 atom stereocenters. The molecule has 3 amide bonds. The monoisotopic (exact) mass is 300 g/mol. The molecule has 120 valence electrons. The van der Waals surface area contributed by atoms with Gasteiger partial charge in [0.25, 0.3) is 0 Å². The van der Waals surface area contributed by atoms with E-state index in [-0.39, 0.29) is 12.8 Å². The van der Waals surface area contributed by atoms with Gasteiger partial charge in [-0.1, -0.05) is 0 Å². The molecule has 1 unspecified atom stereocenters. The van der Waals surface area contributed by atoms with Crippen molar-refractivity contribution in [2.45, 2.75) is 37.8 Å². The molecule has 0 radical (unpaired) electrons. The number of urea groups is 1. The third kappa shape index (κ3) is 5.58. The highest BCUT2D eigenvalue weighted by molar-refractivity contribution is 5.83. The van der Waals surface area contributed by atoms with Crippen molar-refractivity contribution >= 4 is 17.9 Å². The van der Waals surface area contributed by atoms with Gasteiger partial charge in [-0.05, 0) is 32.9 Å². The van der Waals surface area contributed by atoms with Crippen LogP contribution >= 0.6 is 0 Å². The van der Waals surface area contributed by atoms with Crippen LogP contribution in [0.5, 0.6) is 0 Å². The average Bonchev–Trinajstić information content (AvgIpc) is 2.79. The highest BCUT2D eigenvalue weighted by atomic mass is 16.4. The number of likely N-dealkylation sites (tertiary alicyclic amines) is 1. The van der Waals surface area contributed by atoms with Gasteiger partial charge in [0.1, 0.15) is 6.04 Å². The quantitative estimate of drug-likeness (QED) is 0.583. The second-order valence-corrected chi connectivity index (χ2v) is 5.50. The van der Waals surface area contributed by atoms with Crippen LogP contribution in [0.1, 0.15) is 25.7 Å². The predicted octanol–water partition coefficient (Wildman–Crippen LogP) is -0.559. The summed E-state index contributed by atoms with van der Waals surface area (Å²) in [5.74, 6) is -1.76. The van der Waals surface area contributed by atoms with E-state index >= 15 is 0 Å². The number of likely N-dealkylation sites (N-methyl/N-ethyl adjacent to an activating group) is 2. The molecule has 4 N–H and O–H groups in total.